The van der Waals surface area contributed by atoms with E-state index in [1.165, 1.54) is 27.7 Å². The van der Waals surface area contributed by atoms with Crippen molar-refractivity contribution in [3.05, 3.63) is 11.6 Å². The number of rotatable bonds is 8. The summed E-state index contributed by atoms with van der Waals surface area (Å²) in [5.74, 6) is -2.84. The molecule has 0 aromatic carbocycles. The largest absolute Gasteiger partial charge is 0.462 e. The Morgan fingerprint density at radius 1 is 0.978 bits per heavy atom. The van der Waals surface area contributed by atoms with Crippen LogP contribution in [0, 0.1) is 39.4 Å². The van der Waals surface area contributed by atoms with Crippen LogP contribution in [0.4, 0.5) is 0 Å². The molecule has 4 aliphatic rings. The number of ether oxygens (including phenoxy) is 2. The Kier molecular flexibility index (Phi) is 9.26. The van der Waals surface area contributed by atoms with Gasteiger partial charge >= 0.3 is 11.9 Å². The van der Waals surface area contributed by atoms with Crippen molar-refractivity contribution in [3.63, 3.8) is 0 Å². The Bertz CT molecular complexity index is 1390. The highest BCUT2D eigenvalue weighted by Crippen LogP contribution is 2.74. The molecular weight excluding hydrogens is 608 g/mol. The zero-order valence-electron chi connectivity index (χ0n) is 29.3. The van der Waals surface area contributed by atoms with Crippen LogP contribution in [0.3, 0.4) is 0 Å². The Morgan fingerprint density at radius 2 is 1.59 bits per heavy atom. The molecule has 9 atom stereocenters. The van der Waals surface area contributed by atoms with Gasteiger partial charge in [0.1, 0.15) is 23.1 Å². The molecule has 46 heavy (non-hydrogen) atoms. The standard InChI is InChI=1S/C36H52O9S/c1-19(37)44-24-17-33(8)26-13-12-22-23(16-25(46-21(3)39)30(42)32(22,6)7)35(26,10)28(41)18-34(33,9)29(24)36(11,43)27(40)14-15-31(4,5)45-20(2)38/h12,23-26,29,43H,13-18H2,1-11H3/t23-,24-,25+,26+,29+,33+,34-,35+,36+/m1/s1. The molecule has 4 aliphatic carbocycles. The van der Waals surface area contributed by atoms with Crippen LogP contribution in [-0.4, -0.2) is 62.1 Å². The van der Waals surface area contributed by atoms with Gasteiger partial charge in [0.15, 0.2) is 16.7 Å². The van der Waals surface area contributed by atoms with Gasteiger partial charge in [0.2, 0.25) is 0 Å². The maximum atomic E-state index is 14.7. The van der Waals surface area contributed by atoms with Gasteiger partial charge in [-0.3, -0.25) is 28.8 Å². The van der Waals surface area contributed by atoms with Gasteiger partial charge in [0.05, 0.1) is 5.25 Å². The zero-order valence-corrected chi connectivity index (χ0v) is 30.1. The summed E-state index contributed by atoms with van der Waals surface area (Å²) in [6.07, 6.45) is 2.72. The van der Waals surface area contributed by atoms with Gasteiger partial charge in [0, 0.05) is 50.4 Å². The molecule has 9 nitrogen and oxygen atoms in total. The van der Waals surface area contributed by atoms with E-state index in [-0.39, 0.29) is 47.8 Å². The highest BCUT2D eigenvalue weighted by molar-refractivity contribution is 8.14. The minimum absolute atomic E-state index is 0.00106. The summed E-state index contributed by atoms with van der Waals surface area (Å²) in [5, 5.41) is 11.5. The van der Waals surface area contributed by atoms with E-state index in [1.54, 1.807) is 13.8 Å². The number of thioether (sulfide) groups is 1. The number of allylic oxidation sites excluding steroid dienone is 2. The first-order chi connectivity index (χ1) is 20.9. The fourth-order valence-corrected chi connectivity index (χ4v) is 11.3. The van der Waals surface area contributed by atoms with E-state index in [0.717, 1.165) is 17.3 Å². The normalized spacial score (nSPS) is 38.0. The molecule has 0 aliphatic heterocycles. The summed E-state index contributed by atoms with van der Waals surface area (Å²) < 4.78 is 11.3. The second-order valence-electron chi connectivity index (χ2n) is 16.3. The number of Topliss-reactive ketones (excluding diaryl/α,β-unsaturated/α-hetero) is 3. The molecule has 0 radical (unpaired) electrons. The summed E-state index contributed by atoms with van der Waals surface area (Å²) in [6.45, 7) is 18.8. The summed E-state index contributed by atoms with van der Waals surface area (Å²) in [4.78, 5) is 78.4. The van der Waals surface area contributed by atoms with Crippen molar-refractivity contribution < 1.29 is 43.3 Å². The fourth-order valence-electron chi connectivity index (χ4n) is 10.2. The highest BCUT2D eigenvalue weighted by Gasteiger charge is 2.75. The van der Waals surface area contributed by atoms with Crippen molar-refractivity contribution in [1.82, 2.24) is 0 Å². The molecule has 1 N–H and O–H groups in total. The minimum atomic E-state index is -1.95. The van der Waals surface area contributed by atoms with Gasteiger partial charge in [-0.05, 0) is 83.0 Å². The molecule has 0 bridgehead atoms. The summed E-state index contributed by atoms with van der Waals surface area (Å²) >= 11 is 1.04. The number of hydrogen-bond donors (Lipinski definition) is 1. The van der Waals surface area contributed by atoms with Crippen LogP contribution < -0.4 is 0 Å². The van der Waals surface area contributed by atoms with Gasteiger partial charge in [-0.15, -0.1) is 0 Å². The first-order valence-electron chi connectivity index (χ1n) is 16.4. The van der Waals surface area contributed by atoms with E-state index in [2.05, 4.69) is 13.0 Å². The molecule has 0 aromatic rings. The summed E-state index contributed by atoms with van der Waals surface area (Å²) in [7, 11) is 0. The molecule has 0 unspecified atom stereocenters. The lowest BCUT2D eigenvalue weighted by molar-refractivity contribution is -0.185. The van der Waals surface area contributed by atoms with Crippen LogP contribution in [0.2, 0.25) is 0 Å². The molecule has 0 amide bonds. The van der Waals surface area contributed by atoms with E-state index in [1.807, 2.05) is 27.7 Å². The van der Waals surface area contributed by atoms with Crippen molar-refractivity contribution >= 4 is 46.2 Å². The lowest BCUT2D eigenvalue weighted by Gasteiger charge is -2.64. The number of fused-ring (bicyclic) bond motifs is 5. The molecule has 0 saturated heterocycles. The predicted molar refractivity (Wildman–Crippen MR) is 173 cm³/mol. The zero-order chi connectivity index (χ0) is 35.0. The highest BCUT2D eigenvalue weighted by atomic mass is 32.2. The summed E-state index contributed by atoms with van der Waals surface area (Å²) in [6, 6.07) is 0. The lowest BCUT2D eigenvalue weighted by Crippen LogP contribution is -2.65. The summed E-state index contributed by atoms with van der Waals surface area (Å²) in [5.41, 5.74) is -5.20. The Hall–Kier alpha value is -2.33. The molecule has 0 aromatic heterocycles. The van der Waals surface area contributed by atoms with E-state index in [0.29, 0.717) is 19.3 Å². The average molecular weight is 661 g/mol. The first kappa shape index (κ1) is 36.5. The van der Waals surface area contributed by atoms with Crippen molar-refractivity contribution in [2.24, 2.45) is 39.4 Å². The van der Waals surface area contributed by atoms with E-state index < -0.39 is 67.9 Å². The molecule has 0 heterocycles. The Balaban J connectivity index is 1.79. The number of hydrogen-bond acceptors (Lipinski definition) is 10. The van der Waals surface area contributed by atoms with Crippen LogP contribution in [0.25, 0.3) is 0 Å². The maximum absolute atomic E-state index is 14.7. The Morgan fingerprint density at radius 3 is 2.13 bits per heavy atom. The SMILES string of the molecule is CC(=O)O[C@@H]1C[C@@]2(C)[C@@H]3CC=C4[C@@H](C[C@H](SC(C)=O)C(=O)C4(C)C)[C@]3(C)C(=O)C[C@]2(C)[C@H]1[C@@](C)(O)C(=O)CCC(C)(C)OC(C)=O. The second kappa shape index (κ2) is 11.7. The third-order valence-corrected chi connectivity index (χ3v) is 13.6. The minimum Gasteiger partial charge on any atom is -0.462 e. The first-order valence-corrected chi connectivity index (χ1v) is 17.3. The van der Waals surface area contributed by atoms with E-state index >= 15 is 0 Å². The topological polar surface area (TPSA) is 141 Å². The van der Waals surface area contributed by atoms with Crippen LogP contribution in [-0.2, 0) is 38.2 Å². The quantitative estimate of drug-likeness (QED) is 0.259. The number of carbonyl (C=O) groups is 6. The van der Waals surface area contributed by atoms with Crippen LogP contribution >= 0.6 is 11.8 Å². The number of ketones is 3. The van der Waals surface area contributed by atoms with E-state index in [4.69, 9.17) is 9.47 Å². The van der Waals surface area contributed by atoms with Crippen LogP contribution in [0.5, 0.6) is 0 Å². The fraction of sp³-hybridized carbons (Fsp3) is 0.778. The number of esters is 2. The molecule has 4 rings (SSSR count). The number of aliphatic hydroxyl groups is 1. The predicted octanol–water partition coefficient (Wildman–Crippen LogP) is 5.58. The van der Waals surface area contributed by atoms with Crippen molar-refractivity contribution in [1.29, 1.82) is 0 Å². The smallest absolute Gasteiger partial charge is 0.303 e. The molecule has 3 fully saturated rings. The van der Waals surface area contributed by atoms with E-state index in [9.17, 15) is 33.9 Å². The van der Waals surface area contributed by atoms with Gasteiger partial charge in [-0.2, -0.15) is 0 Å². The molecule has 256 valence electrons. The van der Waals surface area contributed by atoms with Crippen molar-refractivity contribution in [2.75, 3.05) is 0 Å². The van der Waals surface area contributed by atoms with Crippen LogP contribution in [0.15, 0.2) is 11.6 Å². The van der Waals surface area contributed by atoms with Gasteiger partial charge in [-0.25, -0.2) is 0 Å². The molecule has 10 heteroatoms. The van der Waals surface area contributed by atoms with Gasteiger partial charge < -0.3 is 14.6 Å². The van der Waals surface area contributed by atoms with Crippen molar-refractivity contribution in [3.8, 4) is 0 Å². The Labute approximate surface area is 277 Å². The number of carbonyl (C=O) groups excluding carboxylic acids is 6. The average Bonchev–Trinajstić information content (AvgIpc) is 3.11. The third-order valence-electron chi connectivity index (χ3n) is 12.5. The third kappa shape index (κ3) is 5.63. The second-order valence-corrected chi connectivity index (χ2v) is 17.7. The van der Waals surface area contributed by atoms with Gasteiger partial charge in [-0.1, -0.05) is 44.2 Å². The van der Waals surface area contributed by atoms with Gasteiger partial charge in [0.25, 0.3) is 0 Å². The molecule has 0 spiro atoms. The monoisotopic (exact) mass is 660 g/mol. The molecular formula is C36H52O9S. The van der Waals surface area contributed by atoms with Crippen LogP contribution in [0.1, 0.15) is 115 Å². The maximum Gasteiger partial charge on any atom is 0.303 e. The molecule has 3 saturated carbocycles. The lowest BCUT2D eigenvalue weighted by atomic mass is 9.38. The van der Waals surface area contributed by atoms with Crippen molar-refractivity contribution in [2.45, 2.75) is 137 Å².